The lowest BCUT2D eigenvalue weighted by Gasteiger charge is -2.36. The molecule has 2 atom stereocenters. The Hall–Kier alpha value is -3.66. The predicted octanol–water partition coefficient (Wildman–Crippen LogP) is 5.76. The summed E-state index contributed by atoms with van der Waals surface area (Å²) in [6, 6.07) is 26.9. The minimum atomic E-state index is -0.163. The van der Waals surface area contributed by atoms with Crippen LogP contribution in [0.25, 0.3) is 11.0 Å². The van der Waals surface area contributed by atoms with Crippen LogP contribution in [0.1, 0.15) is 41.5 Å². The SMILES string of the molecule is Cc1ccc([C@@H]2C3=C(C[C@@H](c4ccccc4)CC3=O)Nc3nc4ccccc4n32)cc1. The summed E-state index contributed by atoms with van der Waals surface area (Å²) in [6.45, 7) is 2.09. The quantitative estimate of drug-likeness (QED) is 0.461. The Bertz CT molecular complexity index is 1330. The third-order valence-electron chi connectivity index (χ3n) is 6.56. The molecule has 6 rings (SSSR count). The van der Waals surface area contributed by atoms with E-state index in [9.17, 15) is 4.79 Å². The summed E-state index contributed by atoms with van der Waals surface area (Å²) in [7, 11) is 0. The van der Waals surface area contributed by atoms with Crippen LogP contribution in [-0.2, 0) is 4.79 Å². The summed E-state index contributed by atoms with van der Waals surface area (Å²) in [4.78, 5) is 18.5. The highest BCUT2D eigenvalue weighted by molar-refractivity contribution is 6.01. The van der Waals surface area contributed by atoms with Crippen molar-refractivity contribution in [2.75, 3.05) is 5.32 Å². The number of carbonyl (C=O) groups excluding carboxylic acids is 1. The molecule has 0 amide bonds. The highest BCUT2D eigenvalue weighted by Crippen LogP contribution is 2.45. The van der Waals surface area contributed by atoms with E-state index in [0.717, 1.165) is 40.2 Å². The molecule has 0 bridgehead atoms. The first-order valence-electron chi connectivity index (χ1n) is 10.8. The van der Waals surface area contributed by atoms with Gasteiger partial charge in [-0.15, -0.1) is 0 Å². The van der Waals surface area contributed by atoms with Crippen molar-refractivity contribution in [3.05, 3.63) is 107 Å². The van der Waals surface area contributed by atoms with E-state index >= 15 is 0 Å². The molecule has 31 heavy (non-hydrogen) atoms. The van der Waals surface area contributed by atoms with Gasteiger partial charge < -0.3 is 5.32 Å². The molecule has 3 aromatic carbocycles. The van der Waals surface area contributed by atoms with E-state index < -0.39 is 0 Å². The fourth-order valence-corrected chi connectivity index (χ4v) is 5.05. The standard InChI is InChI=1S/C27H23N3O/c1-17-11-13-19(14-12-17)26-25-22(15-20(16-24(25)31)18-7-3-2-4-8-18)29-27-28-21-9-5-6-10-23(21)30(26)27/h2-14,20,26H,15-16H2,1H3,(H,28,29)/t20-,26-/m1/s1. The average Bonchev–Trinajstić information content (AvgIpc) is 3.17. The molecule has 2 aliphatic rings. The Balaban J connectivity index is 1.54. The maximum absolute atomic E-state index is 13.6. The molecule has 0 saturated heterocycles. The van der Waals surface area contributed by atoms with E-state index in [-0.39, 0.29) is 17.7 Å². The molecule has 0 radical (unpaired) electrons. The van der Waals surface area contributed by atoms with Crippen molar-refractivity contribution in [3.63, 3.8) is 0 Å². The summed E-state index contributed by atoms with van der Waals surface area (Å²) in [6.07, 6.45) is 1.35. The fourth-order valence-electron chi connectivity index (χ4n) is 5.05. The number of anilines is 1. The molecule has 0 saturated carbocycles. The normalized spacial score (nSPS) is 20.4. The molecular weight excluding hydrogens is 382 g/mol. The molecule has 0 spiro atoms. The Morgan fingerprint density at radius 3 is 2.42 bits per heavy atom. The lowest BCUT2D eigenvalue weighted by molar-refractivity contribution is -0.116. The third-order valence-corrected chi connectivity index (χ3v) is 6.56. The zero-order chi connectivity index (χ0) is 20.9. The number of benzene rings is 3. The number of hydrogen-bond acceptors (Lipinski definition) is 3. The van der Waals surface area contributed by atoms with Gasteiger partial charge in [-0.3, -0.25) is 9.36 Å². The van der Waals surface area contributed by atoms with Gasteiger partial charge in [0.25, 0.3) is 0 Å². The number of rotatable bonds is 2. The lowest BCUT2D eigenvalue weighted by atomic mass is 9.77. The number of para-hydroxylation sites is 2. The van der Waals surface area contributed by atoms with Crippen molar-refractivity contribution in [2.45, 2.75) is 31.7 Å². The summed E-state index contributed by atoms with van der Waals surface area (Å²) >= 11 is 0. The Labute approximate surface area is 181 Å². The van der Waals surface area contributed by atoms with Crippen LogP contribution in [0.4, 0.5) is 5.95 Å². The first kappa shape index (κ1) is 18.1. The molecule has 4 aromatic rings. The van der Waals surface area contributed by atoms with E-state index in [1.165, 1.54) is 11.1 Å². The summed E-state index contributed by atoms with van der Waals surface area (Å²) in [5, 5.41) is 3.54. The Morgan fingerprint density at radius 1 is 0.871 bits per heavy atom. The Kier molecular flexibility index (Phi) is 4.06. The molecule has 0 fully saturated rings. The topological polar surface area (TPSA) is 46.9 Å². The van der Waals surface area contributed by atoms with Crippen LogP contribution >= 0.6 is 0 Å². The van der Waals surface area contributed by atoms with Crippen LogP contribution in [0, 0.1) is 6.92 Å². The van der Waals surface area contributed by atoms with Crippen molar-refractivity contribution in [1.82, 2.24) is 9.55 Å². The van der Waals surface area contributed by atoms with Gasteiger partial charge in [-0.25, -0.2) is 4.98 Å². The minimum Gasteiger partial charge on any atom is -0.329 e. The maximum atomic E-state index is 13.6. The number of allylic oxidation sites excluding steroid dienone is 2. The van der Waals surface area contributed by atoms with Gasteiger partial charge in [0.2, 0.25) is 5.95 Å². The molecule has 1 aliphatic heterocycles. The second-order valence-electron chi connectivity index (χ2n) is 8.56. The number of imidazole rings is 1. The number of ketones is 1. The lowest BCUT2D eigenvalue weighted by Crippen LogP contribution is -2.33. The van der Waals surface area contributed by atoms with Crippen molar-refractivity contribution in [1.29, 1.82) is 0 Å². The molecule has 1 aliphatic carbocycles. The Morgan fingerprint density at radius 2 is 1.61 bits per heavy atom. The van der Waals surface area contributed by atoms with Crippen LogP contribution in [0.3, 0.4) is 0 Å². The second kappa shape index (κ2) is 6.95. The van der Waals surface area contributed by atoms with Crippen LogP contribution in [0.2, 0.25) is 0 Å². The average molecular weight is 406 g/mol. The van der Waals surface area contributed by atoms with Gasteiger partial charge in [0, 0.05) is 17.7 Å². The van der Waals surface area contributed by atoms with Gasteiger partial charge in [0.05, 0.1) is 17.1 Å². The monoisotopic (exact) mass is 405 g/mol. The van der Waals surface area contributed by atoms with Crippen molar-refractivity contribution in [3.8, 4) is 0 Å². The zero-order valence-electron chi connectivity index (χ0n) is 17.4. The molecular formula is C27H23N3O. The van der Waals surface area contributed by atoms with E-state index in [0.29, 0.717) is 6.42 Å². The van der Waals surface area contributed by atoms with Gasteiger partial charge in [0.1, 0.15) is 0 Å². The maximum Gasteiger partial charge on any atom is 0.209 e. The number of carbonyl (C=O) groups is 1. The number of nitrogens with zero attached hydrogens (tertiary/aromatic N) is 2. The summed E-state index contributed by atoms with van der Waals surface area (Å²) < 4.78 is 2.19. The smallest absolute Gasteiger partial charge is 0.209 e. The van der Waals surface area contributed by atoms with E-state index in [1.54, 1.807) is 0 Å². The number of fused-ring (bicyclic) bond motifs is 3. The van der Waals surface area contributed by atoms with Crippen molar-refractivity contribution < 1.29 is 4.79 Å². The first-order chi connectivity index (χ1) is 15.2. The van der Waals surface area contributed by atoms with Gasteiger partial charge in [-0.2, -0.15) is 0 Å². The fraction of sp³-hybridized carbons (Fsp3) is 0.185. The molecule has 0 unspecified atom stereocenters. The number of Topliss-reactive ketones (excluding diaryl/α,β-unsaturated/α-hetero) is 1. The van der Waals surface area contributed by atoms with Crippen LogP contribution in [0.15, 0.2) is 90.1 Å². The van der Waals surface area contributed by atoms with E-state index in [1.807, 2.05) is 36.4 Å². The van der Waals surface area contributed by atoms with Crippen molar-refractivity contribution in [2.24, 2.45) is 0 Å². The number of aromatic nitrogens is 2. The zero-order valence-corrected chi connectivity index (χ0v) is 17.4. The third kappa shape index (κ3) is 2.90. The van der Waals surface area contributed by atoms with Gasteiger partial charge in [0.15, 0.2) is 5.78 Å². The summed E-state index contributed by atoms with van der Waals surface area (Å²) in [5.74, 6) is 1.22. The second-order valence-corrected chi connectivity index (χ2v) is 8.56. The number of aryl methyl sites for hydroxylation is 1. The number of hydrogen-bond donors (Lipinski definition) is 1. The van der Waals surface area contributed by atoms with E-state index in [4.69, 9.17) is 4.98 Å². The summed E-state index contributed by atoms with van der Waals surface area (Å²) in [5.41, 5.74) is 7.42. The molecule has 1 aromatic heterocycles. The largest absolute Gasteiger partial charge is 0.329 e. The van der Waals surface area contributed by atoms with E-state index in [2.05, 4.69) is 59.3 Å². The van der Waals surface area contributed by atoms with Gasteiger partial charge >= 0.3 is 0 Å². The van der Waals surface area contributed by atoms with Gasteiger partial charge in [-0.1, -0.05) is 72.3 Å². The van der Waals surface area contributed by atoms with Gasteiger partial charge in [-0.05, 0) is 42.5 Å². The first-order valence-corrected chi connectivity index (χ1v) is 10.8. The molecule has 4 nitrogen and oxygen atoms in total. The predicted molar refractivity (Wildman–Crippen MR) is 123 cm³/mol. The van der Waals surface area contributed by atoms with Crippen LogP contribution in [-0.4, -0.2) is 15.3 Å². The molecule has 152 valence electrons. The van der Waals surface area contributed by atoms with Crippen LogP contribution < -0.4 is 5.32 Å². The molecule has 1 N–H and O–H groups in total. The van der Waals surface area contributed by atoms with Crippen molar-refractivity contribution >= 4 is 22.8 Å². The highest BCUT2D eigenvalue weighted by atomic mass is 16.1. The number of nitrogens with one attached hydrogen (secondary N) is 1. The molecule has 4 heteroatoms. The molecule has 2 heterocycles. The van der Waals surface area contributed by atoms with Crippen LogP contribution in [0.5, 0.6) is 0 Å². The minimum absolute atomic E-state index is 0.163. The highest BCUT2D eigenvalue weighted by Gasteiger charge is 2.39.